The Balaban J connectivity index is 0.00000241. The van der Waals surface area contributed by atoms with Gasteiger partial charge in [-0.05, 0) is 31.6 Å². The maximum Gasteiger partial charge on any atom is 0.216 e. The van der Waals surface area contributed by atoms with Crippen LogP contribution in [0, 0.1) is 18.8 Å². The first-order chi connectivity index (χ1) is 16.2. The van der Waals surface area contributed by atoms with Crippen LogP contribution >= 0.6 is 0 Å². The van der Waals surface area contributed by atoms with Gasteiger partial charge >= 0.3 is 0 Å². The monoisotopic (exact) mass is 627 g/mol. The quantitative estimate of drug-likeness (QED) is 0.207. The van der Waals surface area contributed by atoms with Crippen molar-refractivity contribution in [1.29, 1.82) is 0 Å². The van der Waals surface area contributed by atoms with Crippen molar-refractivity contribution in [3.8, 4) is 23.1 Å². The molecule has 172 valence electrons. The summed E-state index contributed by atoms with van der Waals surface area (Å²) in [5.74, 6) is 2.06. The molecule has 0 amide bonds. The Bertz CT molecular complexity index is 1480. The molecule has 0 radical (unpaired) electrons. The van der Waals surface area contributed by atoms with Gasteiger partial charge in [-0.15, -0.1) is 24.3 Å². The third-order valence-corrected chi connectivity index (χ3v) is 5.21. The number of rotatable bonds is 5. The maximum absolute atomic E-state index is 6.19. The van der Waals surface area contributed by atoms with E-state index in [9.17, 15) is 0 Å². The summed E-state index contributed by atoms with van der Waals surface area (Å²) in [6.07, 6.45) is 5.59. The molecule has 0 unspecified atom stereocenters. The van der Waals surface area contributed by atoms with Gasteiger partial charge in [0.15, 0.2) is 0 Å². The standard InChI is InChI=1S/C27H18N3O3.Pt/c1-29-13-14-30(18-29)24-17-21(16-23-22-9-2-3-10-25(22)33-27(23)24)31-19-7-6-8-20(15-19)32-26-11-4-5-12-28-26;/h2-14,16,18H,1H3;/q-3;. The Hall–Kier alpha value is -3.76. The molecule has 0 fully saturated rings. The van der Waals surface area contributed by atoms with Crippen molar-refractivity contribution in [1.82, 2.24) is 9.88 Å². The molecule has 1 aliphatic rings. The number of hydrogen-bond acceptors (Lipinski definition) is 6. The normalized spacial score (nSPS) is 12.9. The number of furan rings is 1. The summed E-state index contributed by atoms with van der Waals surface area (Å²) in [4.78, 5) is 8.11. The van der Waals surface area contributed by atoms with Crippen LogP contribution in [-0.2, 0) is 21.1 Å². The number of benzene rings is 3. The van der Waals surface area contributed by atoms with Gasteiger partial charge in [0.25, 0.3) is 0 Å². The van der Waals surface area contributed by atoms with E-state index in [1.807, 2.05) is 96.6 Å². The number of pyridine rings is 1. The van der Waals surface area contributed by atoms with E-state index in [0.717, 1.165) is 27.6 Å². The van der Waals surface area contributed by atoms with Crippen LogP contribution in [-0.4, -0.2) is 16.9 Å². The minimum absolute atomic E-state index is 0. The number of para-hydroxylation sites is 1. The first kappa shape index (κ1) is 22.1. The van der Waals surface area contributed by atoms with Crippen molar-refractivity contribution in [3.63, 3.8) is 0 Å². The molecule has 3 aromatic carbocycles. The molecule has 7 heteroatoms. The van der Waals surface area contributed by atoms with Crippen LogP contribution < -0.4 is 14.4 Å². The van der Waals surface area contributed by atoms with Crippen LogP contribution in [0.4, 0.5) is 5.69 Å². The first-order valence-electron chi connectivity index (χ1n) is 10.4. The molecular weight excluding hydrogens is 609 g/mol. The van der Waals surface area contributed by atoms with Crippen molar-refractivity contribution in [2.75, 3.05) is 11.9 Å². The summed E-state index contributed by atoms with van der Waals surface area (Å²) in [6, 6.07) is 27.4. The molecule has 6 rings (SSSR count). The number of nitrogens with zero attached hydrogens (tertiary/aromatic N) is 3. The molecular formula is C27H18N3O3Pt-3. The second-order valence-electron chi connectivity index (χ2n) is 7.56. The van der Waals surface area contributed by atoms with Gasteiger partial charge in [0.2, 0.25) is 5.88 Å². The van der Waals surface area contributed by atoms with Crippen molar-refractivity contribution >= 4 is 27.6 Å². The van der Waals surface area contributed by atoms with E-state index in [1.54, 1.807) is 12.3 Å². The molecule has 2 aromatic heterocycles. The number of anilines is 1. The molecule has 6 nitrogen and oxygen atoms in total. The number of hydrogen-bond donors (Lipinski definition) is 0. The van der Waals surface area contributed by atoms with Crippen molar-refractivity contribution in [2.45, 2.75) is 0 Å². The molecule has 0 saturated heterocycles. The fourth-order valence-electron chi connectivity index (χ4n) is 3.73. The summed E-state index contributed by atoms with van der Waals surface area (Å²) in [5, 5.41) is 1.96. The average molecular weight is 628 g/mol. The molecule has 3 heterocycles. The van der Waals surface area contributed by atoms with E-state index >= 15 is 0 Å². The van der Waals surface area contributed by atoms with Crippen LogP contribution in [0.3, 0.4) is 0 Å². The van der Waals surface area contributed by atoms with E-state index in [0.29, 0.717) is 23.1 Å². The van der Waals surface area contributed by atoms with Gasteiger partial charge in [-0.1, -0.05) is 41.4 Å². The topological polar surface area (TPSA) is 51.0 Å². The zero-order valence-electron chi connectivity index (χ0n) is 18.0. The fraction of sp³-hybridized carbons (Fsp3) is 0.0370. The summed E-state index contributed by atoms with van der Waals surface area (Å²) >= 11 is 0. The zero-order valence-corrected chi connectivity index (χ0v) is 20.3. The predicted molar refractivity (Wildman–Crippen MR) is 126 cm³/mol. The van der Waals surface area contributed by atoms with Gasteiger partial charge in [0.05, 0.1) is 0 Å². The Labute approximate surface area is 211 Å². The Morgan fingerprint density at radius 2 is 1.68 bits per heavy atom. The summed E-state index contributed by atoms with van der Waals surface area (Å²) in [5.41, 5.74) is 2.32. The van der Waals surface area contributed by atoms with Gasteiger partial charge < -0.3 is 23.7 Å². The molecule has 0 aliphatic carbocycles. The average Bonchev–Trinajstić information content (AvgIpc) is 3.43. The van der Waals surface area contributed by atoms with Crippen LogP contribution in [0.1, 0.15) is 0 Å². The minimum atomic E-state index is 0. The largest absolute Gasteiger partial charge is 0.514 e. The SMILES string of the molecule is CN1C=CN(c2[c-]c(Oc3[c-]c(Oc4ccccn4)ccc3)cc3c2oc2ccccc23)[CH-]1.[Pt]. The number of ether oxygens (including phenoxy) is 2. The molecule has 0 bridgehead atoms. The zero-order chi connectivity index (χ0) is 22.2. The molecule has 0 N–H and O–H groups in total. The Kier molecular flexibility index (Phi) is 5.99. The fourth-order valence-corrected chi connectivity index (χ4v) is 3.73. The third kappa shape index (κ3) is 4.25. The molecule has 0 spiro atoms. The molecule has 34 heavy (non-hydrogen) atoms. The predicted octanol–water partition coefficient (Wildman–Crippen LogP) is 6.51. The van der Waals surface area contributed by atoms with Gasteiger partial charge in [0.1, 0.15) is 5.58 Å². The second-order valence-corrected chi connectivity index (χ2v) is 7.56. The summed E-state index contributed by atoms with van der Waals surface area (Å²) in [7, 11) is 1.97. The molecule has 5 aromatic rings. The van der Waals surface area contributed by atoms with E-state index in [1.165, 1.54) is 0 Å². The smallest absolute Gasteiger partial charge is 0.216 e. The molecule has 1 aliphatic heterocycles. The van der Waals surface area contributed by atoms with Crippen LogP contribution in [0.25, 0.3) is 21.9 Å². The number of aromatic nitrogens is 1. The summed E-state index contributed by atoms with van der Waals surface area (Å²) < 4.78 is 18.2. The van der Waals surface area contributed by atoms with Gasteiger partial charge in [0, 0.05) is 61.5 Å². The van der Waals surface area contributed by atoms with Crippen LogP contribution in [0.15, 0.2) is 89.7 Å². The maximum atomic E-state index is 6.19. The van der Waals surface area contributed by atoms with Crippen LogP contribution in [0.5, 0.6) is 23.1 Å². The van der Waals surface area contributed by atoms with Gasteiger partial charge in [-0.3, -0.25) is 0 Å². The van der Waals surface area contributed by atoms with E-state index in [4.69, 9.17) is 13.9 Å². The van der Waals surface area contributed by atoms with Crippen molar-refractivity contribution < 1.29 is 35.0 Å². The van der Waals surface area contributed by atoms with Crippen LogP contribution in [0.2, 0.25) is 0 Å². The van der Waals surface area contributed by atoms with Gasteiger partial charge in [-0.25, -0.2) is 4.98 Å². The van der Waals surface area contributed by atoms with Crippen molar-refractivity contribution in [3.05, 3.63) is 104 Å². The van der Waals surface area contributed by atoms with E-state index < -0.39 is 0 Å². The Morgan fingerprint density at radius 1 is 0.853 bits per heavy atom. The molecule has 0 atom stereocenters. The number of fused-ring (bicyclic) bond motifs is 3. The minimum Gasteiger partial charge on any atom is -0.514 e. The molecule has 0 saturated carbocycles. The first-order valence-corrected chi connectivity index (χ1v) is 10.4. The van der Waals surface area contributed by atoms with E-state index in [-0.39, 0.29) is 21.1 Å². The Morgan fingerprint density at radius 3 is 2.47 bits per heavy atom. The van der Waals surface area contributed by atoms with Gasteiger partial charge in [-0.2, -0.15) is 12.7 Å². The second kappa shape index (κ2) is 9.24. The van der Waals surface area contributed by atoms with E-state index in [2.05, 4.69) is 17.1 Å². The van der Waals surface area contributed by atoms with Crippen molar-refractivity contribution in [2.24, 2.45) is 0 Å². The summed E-state index contributed by atoms with van der Waals surface area (Å²) in [6.45, 7) is 1.95. The third-order valence-electron chi connectivity index (χ3n) is 5.21.